The zero-order valence-electron chi connectivity index (χ0n) is 12.0. The highest BCUT2D eigenvalue weighted by molar-refractivity contribution is 5.83. The Morgan fingerprint density at radius 3 is 2.32 bits per heavy atom. The second kappa shape index (κ2) is 6.89. The van der Waals surface area contributed by atoms with Crippen LogP contribution >= 0.6 is 0 Å². The lowest BCUT2D eigenvalue weighted by Gasteiger charge is -2.37. The lowest BCUT2D eigenvalue weighted by Crippen LogP contribution is -2.45. The summed E-state index contributed by atoms with van der Waals surface area (Å²) in [6.07, 6.45) is 6.20. The van der Waals surface area contributed by atoms with Gasteiger partial charge in [0.25, 0.3) is 0 Å². The summed E-state index contributed by atoms with van der Waals surface area (Å²) in [4.78, 5) is 24.8. The van der Waals surface area contributed by atoms with Crippen LogP contribution in [0.3, 0.4) is 0 Å². The van der Waals surface area contributed by atoms with E-state index in [1.165, 1.54) is 11.3 Å². The number of hydrogen-bond donors (Lipinski definition) is 2. The number of carbonyl (C=O) groups excluding carboxylic acids is 1. The Labute approximate surface area is 115 Å². The van der Waals surface area contributed by atoms with Crippen LogP contribution in [0.4, 0.5) is 0 Å². The second-order valence-electron chi connectivity index (χ2n) is 5.71. The molecule has 0 aromatic heterocycles. The first-order chi connectivity index (χ1) is 8.95. The Morgan fingerprint density at radius 2 is 1.89 bits per heavy atom. The van der Waals surface area contributed by atoms with Crippen molar-refractivity contribution in [3.05, 3.63) is 0 Å². The number of carboxylic acids is 1. The molecule has 0 radical (unpaired) electrons. The quantitative estimate of drug-likeness (QED) is 0.768. The van der Waals surface area contributed by atoms with Gasteiger partial charge in [-0.25, -0.2) is 4.79 Å². The average molecular weight is 270 g/mol. The van der Waals surface area contributed by atoms with Crippen LogP contribution in [-0.2, 0) is 9.59 Å². The summed E-state index contributed by atoms with van der Waals surface area (Å²) < 4.78 is 0. The third kappa shape index (κ3) is 3.93. The minimum atomic E-state index is -0.941. The molecule has 0 spiro atoms. The molecule has 5 nitrogen and oxygen atoms in total. The van der Waals surface area contributed by atoms with Gasteiger partial charge in [-0.15, -0.1) is 0 Å². The molecular weight excluding hydrogens is 244 g/mol. The van der Waals surface area contributed by atoms with Crippen molar-refractivity contribution >= 4 is 11.9 Å². The number of nitrogens with two attached hydrogens (primary N) is 1. The Hall–Kier alpha value is -1.10. The van der Waals surface area contributed by atoms with Crippen molar-refractivity contribution < 1.29 is 14.7 Å². The van der Waals surface area contributed by atoms with Gasteiger partial charge in [0.15, 0.2) is 0 Å². The van der Waals surface area contributed by atoms with Gasteiger partial charge in [0, 0.05) is 13.5 Å². The molecule has 0 heterocycles. The number of nitrogens with zero attached hydrogens (tertiary/aromatic N) is 1. The van der Waals surface area contributed by atoms with Crippen LogP contribution in [0.15, 0.2) is 0 Å². The molecule has 0 saturated heterocycles. The normalized spacial score (nSPS) is 19.7. The van der Waals surface area contributed by atoms with Crippen LogP contribution in [-0.4, -0.2) is 41.5 Å². The molecule has 3 N–H and O–H groups in total. The molecule has 1 aliphatic carbocycles. The van der Waals surface area contributed by atoms with Gasteiger partial charge in [-0.05, 0) is 31.2 Å². The average Bonchev–Trinajstić information content (AvgIpc) is 2.40. The van der Waals surface area contributed by atoms with Crippen molar-refractivity contribution in [2.75, 3.05) is 13.6 Å². The first-order valence-corrected chi connectivity index (χ1v) is 7.14. The van der Waals surface area contributed by atoms with Crippen molar-refractivity contribution in [3.63, 3.8) is 0 Å². The third-order valence-electron chi connectivity index (χ3n) is 4.41. The van der Waals surface area contributed by atoms with Gasteiger partial charge in [0.1, 0.15) is 6.04 Å². The fourth-order valence-corrected chi connectivity index (χ4v) is 2.99. The number of aliphatic carboxylic acids is 1. The Morgan fingerprint density at radius 1 is 1.32 bits per heavy atom. The first kappa shape index (κ1) is 16.0. The molecule has 1 rings (SSSR count). The molecule has 19 heavy (non-hydrogen) atoms. The summed E-state index contributed by atoms with van der Waals surface area (Å²) in [5, 5.41) is 9.10. The zero-order valence-corrected chi connectivity index (χ0v) is 12.0. The summed E-state index contributed by atoms with van der Waals surface area (Å²) in [6, 6.07) is -0.731. The van der Waals surface area contributed by atoms with E-state index in [-0.39, 0.29) is 11.3 Å². The molecular formula is C14H26N2O3. The highest BCUT2D eigenvalue weighted by Crippen LogP contribution is 2.38. The second-order valence-corrected chi connectivity index (χ2v) is 5.71. The van der Waals surface area contributed by atoms with Gasteiger partial charge in [0.2, 0.25) is 5.91 Å². The number of carboxylic acid groups (broad SMARTS) is 1. The van der Waals surface area contributed by atoms with Gasteiger partial charge >= 0.3 is 5.97 Å². The van der Waals surface area contributed by atoms with Crippen LogP contribution < -0.4 is 5.73 Å². The Balaban J connectivity index is 2.68. The summed E-state index contributed by atoms with van der Waals surface area (Å²) in [6.45, 7) is 2.29. The molecule has 0 aromatic carbocycles. The lowest BCUT2D eigenvalue weighted by molar-refractivity contribution is -0.150. The maximum atomic E-state index is 12.3. The Bertz CT molecular complexity index is 325. The minimum absolute atomic E-state index is 0.0957. The molecule has 1 aliphatic rings. The largest absolute Gasteiger partial charge is 0.480 e. The molecule has 1 atom stereocenters. The number of amides is 1. The summed E-state index contributed by atoms with van der Waals surface area (Å²) in [5.74, 6) is -1.04. The number of hydrogen-bond acceptors (Lipinski definition) is 3. The van der Waals surface area contributed by atoms with Crippen molar-refractivity contribution in [1.82, 2.24) is 4.90 Å². The van der Waals surface area contributed by atoms with E-state index in [0.717, 1.165) is 25.7 Å². The molecule has 110 valence electrons. The monoisotopic (exact) mass is 270 g/mol. The standard InChI is InChI=1S/C14H26N2O3/c1-3-11(13(18)19)16(2)12(17)9-14(10-15)7-5-4-6-8-14/h11H,3-10,15H2,1-2H3,(H,18,19). The van der Waals surface area contributed by atoms with Crippen LogP contribution in [0.5, 0.6) is 0 Å². The van der Waals surface area contributed by atoms with Crippen LogP contribution in [0.2, 0.25) is 0 Å². The SMILES string of the molecule is CCC(C(=O)O)N(C)C(=O)CC1(CN)CCCCC1. The maximum Gasteiger partial charge on any atom is 0.326 e. The van der Waals surface area contributed by atoms with E-state index in [1.807, 2.05) is 0 Å². The van der Waals surface area contributed by atoms with E-state index >= 15 is 0 Å². The minimum Gasteiger partial charge on any atom is -0.480 e. The molecule has 1 saturated carbocycles. The van der Waals surface area contributed by atoms with E-state index in [9.17, 15) is 9.59 Å². The Kier molecular flexibility index (Phi) is 5.79. The van der Waals surface area contributed by atoms with E-state index in [4.69, 9.17) is 10.8 Å². The van der Waals surface area contributed by atoms with Gasteiger partial charge in [-0.3, -0.25) is 4.79 Å². The zero-order chi connectivity index (χ0) is 14.5. The maximum absolute atomic E-state index is 12.3. The van der Waals surface area contributed by atoms with Gasteiger partial charge in [-0.1, -0.05) is 26.2 Å². The van der Waals surface area contributed by atoms with Crippen LogP contribution in [0, 0.1) is 5.41 Å². The predicted octanol–water partition coefficient (Wildman–Crippen LogP) is 1.61. The van der Waals surface area contributed by atoms with Crippen molar-refractivity contribution in [3.8, 4) is 0 Å². The molecule has 1 amide bonds. The first-order valence-electron chi connectivity index (χ1n) is 7.14. The molecule has 0 aliphatic heterocycles. The fourth-order valence-electron chi connectivity index (χ4n) is 2.99. The predicted molar refractivity (Wildman–Crippen MR) is 73.7 cm³/mol. The van der Waals surface area contributed by atoms with Crippen molar-refractivity contribution in [1.29, 1.82) is 0 Å². The lowest BCUT2D eigenvalue weighted by atomic mass is 9.71. The van der Waals surface area contributed by atoms with Gasteiger partial charge in [0.05, 0.1) is 0 Å². The fraction of sp³-hybridized carbons (Fsp3) is 0.857. The highest BCUT2D eigenvalue weighted by Gasteiger charge is 2.35. The van der Waals surface area contributed by atoms with Crippen molar-refractivity contribution in [2.24, 2.45) is 11.1 Å². The van der Waals surface area contributed by atoms with Crippen LogP contribution in [0.25, 0.3) is 0 Å². The van der Waals surface area contributed by atoms with E-state index < -0.39 is 12.0 Å². The molecule has 0 bridgehead atoms. The molecule has 0 aromatic rings. The van der Waals surface area contributed by atoms with E-state index in [1.54, 1.807) is 14.0 Å². The molecule has 5 heteroatoms. The third-order valence-corrected chi connectivity index (χ3v) is 4.41. The van der Waals surface area contributed by atoms with Crippen LogP contribution in [0.1, 0.15) is 51.9 Å². The summed E-state index contributed by atoms with van der Waals surface area (Å²) >= 11 is 0. The number of likely N-dealkylation sites (N-methyl/N-ethyl adjacent to an activating group) is 1. The smallest absolute Gasteiger partial charge is 0.326 e. The van der Waals surface area contributed by atoms with Crippen molar-refractivity contribution in [2.45, 2.75) is 57.9 Å². The topological polar surface area (TPSA) is 83.6 Å². The summed E-state index contributed by atoms with van der Waals surface area (Å²) in [5.41, 5.74) is 5.76. The number of rotatable bonds is 6. The van der Waals surface area contributed by atoms with E-state index in [2.05, 4.69) is 0 Å². The molecule has 1 unspecified atom stereocenters. The van der Waals surface area contributed by atoms with Gasteiger partial charge in [-0.2, -0.15) is 0 Å². The highest BCUT2D eigenvalue weighted by atomic mass is 16.4. The van der Waals surface area contributed by atoms with E-state index in [0.29, 0.717) is 19.4 Å². The van der Waals surface area contributed by atoms with Gasteiger partial charge < -0.3 is 15.7 Å². The number of carbonyl (C=O) groups is 2. The summed E-state index contributed by atoms with van der Waals surface area (Å²) in [7, 11) is 1.58. The molecule has 1 fully saturated rings.